The largest absolute Gasteiger partial charge is 0.497 e. The molecule has 1 nitrogen and oxygen atoms in total. The molecule has 0 saturated heterocycles. The van der Waals surface area contributed by atoms with Gasteiger partial charge in [0.2, 0.25) is 0 Å². The molecule has 1 fully saturated rings. The number of hydrogen-bond acceptors (Lipinski definition) is 1. The van der Waals surface area contributed by atoms with Crippen molar-refractivity contribution in [3.63, 3.8) is 0 Å². The van der Waals surface area contributed by atoms with Gasteiger partial charge in [-0.2, -0.15) is 0 Å². The van der Waals surface area contributed by atoms with Gasteiger partial charge in [-0.3, -0.25) is 0 Å². The Morgan fingerprint density at radius 1 is 1.11 bits per heavy atom. The summed E-state index contributed by atoms with van der Waals surface area (Å²) in [4.78, 5) is -0.253. The first kappa shape index (κ1) is 14.8. The summed E-state index contributed by atoms with van der Waals surface area (Å²) in [6.07, 6.45) is 6.80. The summed E-state index contributed by atoms with van der Waals surface area (Å²) in [6, 6.07) is 2.51. The third-order valence-electron chi connectivity index (χ3n) is 3.88. The van der Waals surface area contributed by atoms with E-state index in [0.717, 1.165) is 25.7 Å². The molecule has 0 N–H and O–H groups in total. The molecular weight excluding hydrogens is 314 g/mol. The first-order chi connectivity index (χ1) is 9.13. The van der Waals surface area contributed by atoms with E-state index < -0.39 is 11.6 Å². The predicted octanol–water partition coefficient (Wildman–Crippen LogP) is 5.38. The van der Waals surface area contributed by atoms with Gasteiger partial charge in [0.15, 0.2) is 0 Å². The molecule has 1 atom stereocenters. The minimum atomic E-state index is -0.525. The highest BCUT2D eigenvalue weighted by atomic mass is 79.9. The van der Waals surface area contributed by atoms with Crippen molar-refractivity contribution in [2.45, 2.75) is 43.4 Å². The molecule has 1 unspecified atom stereocenters. The van der Waals surface area contributed by atoms with Crippen molar-refractivity contribution in [2.24, 2.45) is 5.92 Å². The van der Waals surface area contributed by atoms with Gasteiger partial charge in [0, 0.05) is 22.5 Å². The fraction of sp³-hybridized carbons (Fsp3) is 0.600. The standard InChI is InChI=1S/C15H19BrF2O/c1-19-11-8-12(17)14(13(18)9-11)15(16)10-6-4-2-3-5-7-10/h8-10,15H,2-7H2,1H3. The first-order valence-corrected chi connectivity index (χ1v) is 7.72. The highest BCUT2D eigenvalue weighted by Crippen LogP contribution is 2.41. The van der Waals surface area contributed by atoms with Gasteiger partial charge < -0.3 is 4.74 Å². The van der Waals surface area contributed by atoms with Crippen LogP contribution in [-0.2, 0) is 0 Å². The van der Waals surface area contributed by atoms with Crippen LogP contribution >= 0.6 is 15.9 Å². The maximum absolute atomic E-state index is 14.1. The van der Waals surface area contributed by atoms with Gasteiger partial charge in [0.1, 0.15) is 17.4 Å². The van der Waals surface area contributed by atoms with Crippen LogP contribution in [0.1, 0.15) is 48.9 Å². The highest BCUT2D eigenvalue weighted by molar-refractivity contribution is 9.09. The first-order valence-electron chi connectivity index (χ1n) is 6.80. The lowest BCUT2D eigenvalue weighted by Gasteiger charge is -2.22. The van der Waals surface area contributed by atoms with Gasteiger partial charge in [0.25, 0.3) is 0 Å². The van der Waals surface area contributed by atoms with Crippen LogP contribution in [-0.4, -0.2) is 7.11 Å². The second-order valence-electron chi connectivity index (χ2n) is 5.16. The summed E-state index contributed by atoms with van der Waals surface area (Å²) in [5.41, 5.74) is 0.146. The summed E-state index contributed by atoms with van der Waals surface area (Å²) in [6.45, 7) is 0. The Hall–Kier alpha value is -0.640. The van der Waals surface area contributed by atoms with Crippen molar-refractivity contribution >= 4 is 15.9 Å². The number of halogens is 3. The van der Waals surface area contributed by atoms with Gasteiger partial charge >= 0.3 is 0 Å². The summed E-state index contributed by atoms with van der Waals surface area (Å²) in [5, 5.41) is 0. The molecule has 0 aromatic heterocycles. The zero-order valence-corrected chi connectivity index (χ0v) is 12.7. The molecule has 1 saturated carbocycles. The number of alkyl halides is 1. The van der Waals surface area contributed by atoms with Gasteiger partial charge in [0.05, 0.1) is 7.11 Å². The van der Waals surface area contributed by atoms with Gasteiger partial charge in [-0.1, -0.05) is 41.6 Å². The number of methoxy groups -OCH3 is 1. The monoisotopic (exact) mass is 332 g/mol. The van der Waals surface area contributed by atoms with E-state index in [0.29, 0.717) is 5.92 Å². The van der Waals surface area contributed by atoms with Crippen LogP contribution in [0.25, 0.3) is 0 Å². The zero-order chi connectivity index (χ0) is 13.8. The van der Waals surface area contributed by atoms with E-state index >= 15 is 0 Å². The third kappa shape index (κ3) is 3.47. The SMILES string of the molecule is COc1cc(F)c(C(Br)C2CCCCCC2)c(F)c1. The van der Waals surface area contributed by atoms with Crippen LogP contribution in [0.3, 0.4) is 0 Å². The molecule has 0 heterocycles. The summed E-state index contributed by atoms with van der Waals surface area (Å²) in [7, 11) is 1.41. The average molecular weight is 333 g/mol. The Morgan fingerprint density at radius 3 is 2.11 bits per heavy atom. The Balaban J connectivity index is 2.24. The van der Waals surface area contributed by atoms with Gasteiger partial charge in [-0.25, -0.2) is 8.78 Å². The minimum absolute atomic E-state index is 0.146. The zero-order valence-electron chi connectivity index (χ0n) is 11.1. The summed E-state index contributed by atoms with van der Waals surface area (Å²) >= 11 is 3.51. The quantitative estimate of drug-likeness (QED) is 0.533. The Labute approximate surface area is 121 Å². The smallest absolute Gasteiger partial charge is 0.134 e. The molecular formula is C15H19BrF2O. The van der Waals surface area contributed by atoms with E-state index in [1.807, 2.05) is 0 Å². The highest BCUT2D eigenvalue weighted by Gasteiger charge is 2.27. The van der Waals surface area contributed by atoms with Crippen molar-refractivity contribution < 1.29 is 13.5 Å². The van der Waals surface area contributed by atoms with Crippen LogP contribution in [0.4, 0.5) is 8.78 Å². The molecule has 1 aliphatic carbocycles. The molecule has 0 amide bonds. The van der Waals surface area contributed by atoms with Crippen molar-refractivity contribution in [3.8, 4) is 5.75 Å². The molecule has 106 valence electrons. The molecule has 1 aromatic carbocycles. The van der Waals surface area contributed by atoms with Gasteiger partial charge in [-0.05, 0) is 18.8 Å². The molecule has 0 bridgehead atoms. The Bertz CT molecular complexity index is 405. The lowest BCUT2D eigenvalue weighted by atomic mass is 9.91. The van der Waals surface area contributed by atoms with Gasteiger partial charge in [-0.15, -0.1) is 0 Å². The molecule has 1 aromatic rings. The fourth-order valence-electron chi connectivity index (χ4n) is 2.78. The van der Waals surface area contributed by atoms with E-state index in [2.05, 4.69) is 15.9 Å². The number of ether oxygens (including phenoxy) is 1. The lowest BCUT2D eigenvalue weighted by molar-refractivity contribution is 0.398. The lowest BCUT2D eigenvalue weighted by Crippen LogP contribution is -2.10. The number of benzene rings is 1. The fourth-order valence-corrected chi connectivity index (χ4v) is 3.75. The van der Waals surface area contributed by atoms with Crippen LogP contribution in [0.15, 0.2) is 12.1 Å². The van der Waals surface area contributed by atoms with Crippen LogP contribution in [0.5, 0.6) is 5.75 Å². The molecule has 0 spiro atoms. The second kappa shape index (κ2) is 6.69. The van der Waals surface area contributed by atoms with E-state index in [9.17, 15) is 8.78 Å². The molecule has 19 heavy (non-hydrogen) atoms. The van der Waals surface area contributed by atoms with E-state index in [4.69, 9.17) is 4.74 Å². The van der Waals surface area contributed by atoms with Crippen LogP contribution < -0.4 is 4.74 Å². The normalized spacial score (nSPS) is 18.9. The van der Waals surface area contributed by atoms with E-state index in [1.165, 1.54) is 32.1 Å². The average Bonchev–Trinajstić information content (AvgIpc) is 2.66. The Morgan fingerprint density at radius 2 is 1.63 bits per heavy atom. The molecule has 4 heteroatoms. The van der Waals surface area contributed by atoms with Crippen molar-refractivity contribution in [1.29, 1.82) is 0 Å². The van der Waals surface area contributed by atoms with Crippen LogP contribution in [0.2, 0.25) is 0 Å². The summed E-state index contributed by atoms with van der Waals surface area (Å²) < 4.78 is 33.0. The Kier molecular flexibility index (Phi) is 5.20. The summed E-state index contributed by atoms with van der Waals surface area (Å²) in [5.74, 6) is -0.523. The number of rotatable bonds is 3. The minimum Gasteiger partial charge on any atom is -0.497 e. The molecule has 0 aliphatic heterocycles. The molecule has 1 aliphatic rings. The molecule has 2 rings (SSSR count). The van der Waals surface area contributed by atoms with Crippen molar-refractivity contribution in [1.82, 2.24) is 0 Å². The van der Waals surface area contributed by atoms with Crippen molar-refractivity contribution in [2.75, 3.05) is 7.11 Å². The number of hydrogen-bond donors (Lipinski definition) is 0. The van der Waals surface area contributed by atoms with E-state index in [1.54, 1.807) is 0 Å². The third-order valence-corrected chi connectivity index (χ3v) is 5.08. The maximum atomic E-state index is 14.1. The topological polar surface area (TPSA) is 9.23 Å². The van der Waals surface area contributed by atoms with Crippen LogP contribution in [0, 0.1) is 17.6 Å². The second-order valence-corrected chi connectivity index (χ2v) is 6.14. The maximum Gasteiger partial charge on any atom is 0.134 e. The predicted molar refractivity (Wildman–Crippen MR) is 75.8 cm³/mol. The molecule has 0 radical (unpaired) electrons. The van der Waals surface area contributed by atoms with Crippen molar-refractivity contribution in [3.05, 3.63) is 29.3 Å². The van der Waals surface area contributed by atoms with E-state index in [-0.39, 0.29) is 16.1 Å².